The van der Waals surface area contributed by atoms with Gasteiger partial charge in [-0.3, -0.25) is 4.79 Å². The number of amides is 1. The second kappa shape index (κ2) is 11.5. The second-order valence-corrected chi connectivity index (χ2v) is 6.03. The third kappa shape index (κ3) is 6.47. The maximum absolute atomic E-state index is 12.0. The van der Waals surface area contributed by atoms with Gasteiger partial charge < -0.3 is 25.4 Å². The topological polar surface area (TPSA) is 76.8 Å². The number of nitrogen functional groups attached to an aromatic ring is 1. The van der Waals surface area contributed by atoms with Gasteiger partial charge in [-0.05, 0) is 13.1 Å². The van der Waals surface area contributed by atoms with Gasteiger partial charge in [0.1, 0.15) is 0 Å². The summed E-state index contributed by atoms with van der Waals surface area (Å²) in [6, 6.07) is 3.38. The lowest BCUT2D eigenvalue weighted by molar-refractivity contribution is -0.113. The van der Waals surface area contributed by atoms with Gasteiger partial charge in [0, 0.05) is 24.4 Å². The van der Waals surface area contributed by atoms with Crippen LogP contribution in [0.1, 0.15) is 13.8 Å². The number of hydrogen-bond acceptors (Lipinski definition) is 6. The summed E-state index contributed by atoms with van der Waals surface area (Å²) >= 11 is 1.62. The number of nitrogens with two attached hydrogens (primary N) is 1. The summed E-state index contributed by atoms with van der Waals surface area (Å²) in [5.41, 5.74) is 6.95. The first-order valence-corrected chi connectivity index (χ1v) is 8.58. The molecule has 1 aliphatic heterocycles. The lowest BCUT2D eigenvalue weighted by Crippen LogP contribution is -2.26. The molecule has 2 rings (SSSR count). The molecule has 0 radical (unpaired) electrons. The average Bonchev–Trinajstić information content (AvgIpc) is 2.95. The zero-order chi connectivity index (χ0) is 15.9. The highest BCUT2D eigenvalue weighted by Crippen LogP contribution is 2.38. The quantitative estimate of drug-likeness (QED) is 0.518. The molecule has 0 aliphatic carbocycles. The van der Waals surface area contributed by atoms with E-state index in [9.17, 15) is 4.79 Å². The number of fused-ring (bicyclic) bond motifs is 1. The number of benzene rings is 1. The van der Waals surface area contributed by atoms with Crippen molar-refractivity contribution in [3.63, 3.8) is 0 Å². The van der Waals surface area contributed by atoms with Crippen LogP contribution in [0.25, 0.3) is 0 Å². The van der Waals surface area contributed by atoms with Crippen LogP contribution in [-0.4, -0.2) is 48.7 Å². The van der Waals surface area contributed by atoms with E-state index in [1.807, 2.05) is 0 Å². The number of hydrogen-bond donors (Lipinski definition) is 2. The SMILES string of the molecule is CCN(CC)CCSCC(=O)Nc1cc2c(cc1N)OCO2.Cl.Cl. The van der Waals surface area contributed by atoms with E-state index in [2.05, 4.69) is 24.1 Å². The molecule has 6 nitrogen and oxygen atoms in total. The maximum Gasteiger partial charge on any atom is 0.234 e. The summed E-state index contributed by atoms with van der Waals surface area (Å²) in [5.74, 6) is 2.51. The van der Waals surface area contributed by atoms with E-state index in [1.54, 1.807) is 23.9 Å². The Labute approximate surface area is 159 Å². The van der Waals surface area contributed by atoms with Crippen LogP contribution in [-0.2, 0) is 4.79 Å². The van der Waals surface area contributed by atoms with Crippen molar-refractivity contribution in [1.29, 1.82) is 0 Å². The van der Waals surface area contributed by atoms with Crippen LogP contribution in [0.2, 0.25) is 0 Å². The highest BCUT2D eigenvalue weighted by molar-refractivity contribution is 7.99. The summed E-state index contributed by atoms with van der Waals surface area (Å²) in [6.45, 7) is 7.55. The van der Waals surface area contributed by atoms with Gasteiger partial charge in [0.05, 0.1) is 17.1 Å². The number of halogens is 2. The van der Waals surface area contributed by atoms with Gasteiger partial charge in [0.25, 0.3) is 0 Å². The fraction of sp³-hybridized carbons (Fsp3) is 0.533. The van der Waals surface area contributed by atoms with Crippen LogP contribution in [0.15, 0.2) is 12.1 Å². The molecule has 1 aromatic rings. The van der Waals surface area contributed by atoms with Crippen LogP contribution >= 0.6 is 36.6 Å². The number of thioether (sulfide) groups is 1. The summed E-state index contributed by atoms with van der Waals surface area (Å²) in [4.78, 5) is 14.3. The van der Waals surface area contributed by atoms with Gasteiger partial charge in [0.2, 0.25) is 12.7 Å². The van der Waals surface area contributed by atoms with Crippen molar-refractivity contribution in [2.75, 3.05) is 49.0 Å². The van der Waals surface area contributed by atoms with E-state index in [0.717, 1.165) is 25.4 Å². The van der Waals surface area contributed by atoms with Crippen LogP contribution in [0.4, 0.5) is 11.4 Å². The van der Waals surface area contributed by atoms with Crippen LogP contribution < -0.4 is 20.5 Å². The highest BCUT2D eigenvalue weighted by atomic mass is 35.5. The Morgan fingerprint density at radius 2 is 1.88 bits per heavy atom. The first kappa shape index (κ1) is 23.0. The molecule has 138 valence electrons. The van der Waals surface area contributed by atoms with Gasteiger partial charge in [0.15, 0.2) is 11.5 Å². The first-order valence-electron chi connectivity index (χ1n) is 7.43. The molecule has 0 aromatic heterocycles. The number of nitrogens with one attached hydrogen (secondary N) is 1. The second-order valence-electron chi connectivity index (χ2n) is 4.92. The highest BCUT2D eigenvalue weighted by Gasteiger charge is 2.17. The normalized spacial score (nSPS) is 11.6. The van der Waals surface area contributed by atoms with Crippen molar-refractivity contribution >= 4 is 53.9 Å². The molecule has 0 unspecified atom stereocenters. The van der Waals surface area contributed by atoms with Crippen molar-refractivity contribution in [3.8, 4) is 11.5 Å². The van der Waals surface area contributed by atoms with Crippen LogP contribution in [0.5, 0.6) is 11.5 Å². The molecule has 1 heterocycles. The van der Waals surface area contributed by atoms with Crippen molar-refractivity contribution < 1.29 is 14.3 Å². The van der Waals surface area contributed by atoms with E-state index >= 15 is 0 Å². The summed E-state index contributed by atoms with van der Waals surface area (Å²) in [7, 11) is 0. The van der Waals surface area contributed by atoms with Gasteiger partial charge in [-0.25, -0.2) is 0 Å². The molecular weight excluding hydrogens is 373 g/mol. The monoisotopic (exact) mass is 397 g/mol. The Bertz CT molecular complexity index is 531. The number of ether oxygens (including phenoxy) is 2. The molecular formula is C15H25Cl2N3O3S. The Balaban J connectivity index is 0.00000264. The molecule has 0 atom stereocenters. The number of carbonyl (C=O) groups is 1. The predicted octanol–water partition coefficient (Wildman–Crippen LogP) is 2.85. The largest absolute Gasteiger partial charge is 0.454 e. The molecule has 0 spiro atoms. The Morgan fingerprint density at radius 1 is 1.25 bits per heavy atom. The zero-order valence-corrected chi connectivity index (χ0v) is 16.3. The van der Waals surface area contributed by atoms with E-state index in [4.69, 9.17) is 15.2 Å². The van der Waals surface area contributed by atoms with Gasteiger partial charge in [-0.2, -0.15) is 11.8 Å². The molecule has 0 fully saturated rings. The molecule has 1 aliphatic rings. The third-order valence-electron chi connectivity index (χ3n) is 3.50. The maximum atomic E-state index is 12.0. The number of nitrogens with zero attached hydrogens (tertiary/aromatic N) is 1. The number of rotatable bonds is 8. The molecule has 0 saturated heterocycles. The minimum Gasteiger partial charge on any atom is -0.454 e. The van der Waals surface area contributed by atoms with Gasteiger partial charge >= 0.3 is 0 Å². The summed E-state index contributed by atoms with van der Waals surface area (Å²) in [6.07, 6.45) is 0. The number of carbonyl (C=O) groups excluding carboxylic acids is 1. The minimum absolute atomic E-state index is 0. The van der Waals surface area contributed by atoms with Crippen LogP contribution in [0, 0.1) is 0 Å². The predicted molar refractivity (Wildman–Crippen MR) is 105 cm³/mol. The molecule has 1 aromatic carbocycles. The standard InChI is InChI=1S/C15H23N3O3S.2ClH/c1-3-18(4-2)5-6-22-9-15(19)17-12-8-14-13(7-11(12)16)20-10-21-14;;/h7-8H,3-6,9-10,16H2,1-2H3,(H,17,19);2*1H. The minimum atomic E-state index is -0.0601. The summed E-state index contributed by atoms with van der Waals surface area (Å²) < 4.78 is 10.5. The first-order chi connectivity index (χ1) is 10.6. The van der Waals surface area contributed by atoms with Crippen molar-refractivity contribution in [3.05, 3.63) is 12.1 Å². The van der Waals surface area contributed by atoms with Crippen molar-refractivity contribution in [2.45, 2.75) is 13.8 Å². The average molecular weight is 398 g/mol. The lowest BCUT2D eigenvalue weighted by atomic mass is 10.2. The van der Waals surface area contributed by atoms with E-state index in [1.165, 1.54) is 0 Å². The van der Waals surface area contributed by atoms with Gasteiger partial charge in [-0.1, -0.05) is 13.8 Å². The molecule has 3 N–H and O–H groups in total. The number of anilines is 2. The Kier molecular flexibility index (Phi) is 11.0. The smallest absolute Gasteiger partial charge is 0.234 e. The molecule has 9 heteroatoms. The zero-order valence-electron chi connectivity index (χ0n) is 13.9. The molecule has 0 bridgehead atoms. The van der Waals surface area contributed by atoms with Gasteiger partial charge in [-0.15, -0.1) is 24.8 Å². The molecule has 24 heavy (non-hydrogen) atoms. The fourth-order valence-corrected chi connectivity index (χ4v) is 2.94. The van der Waals surface area contributed by atoms with E-state index in [-0.39, 0.29) is 37.5 Å². The van der Waals surface area contributed by atoms with E-state index < -0.39 is 0 Å². The fourth-order valence-electron chi connectivity index (χ4n) is 2.15. The van der Waals surface area contributed by atoms with Crippen LogP contribution in [0.3, 0.4) is 0 Å². The third-order valence-corrected chi connectivity index (χ3v) is 4.44. The Hall–Kier alpha value is -1.02. The van der Waals surface area contributed by atoms with E-state index in [0.29, 0.717) is 28.6 Å². The van der Waals surface area contributed by atoms with Crippen molar-refractivity contribution in [1.82, 2.24) is 4.90 Å². The lowest BCUT2D eigenvalue weighted by Gasteiger charge is -2.17. The molecule has 0 saturated carbocycles. The Morgan fingerprint density at radius 3 is 2.50 bits per heavy atom. The molecule has 1 amide bonds. The van der Waals surface area contributed by atoms with Crippen molar-refractivity contribution in [2.24, 2.45) is 0 Å². The summed E-state index contributed by atoms with van der Waals surface area (Å²) in [5, 5.41) is 2.82.